The summed E-state index contributed by atoms with van der Waals surface area (Å²) in [4.78, 5) is 2.73. The Morgan fingerprint density at radius 3 is 2.44 bits per heavy atom. The van der Waals surface area contributed by atoms with Gasteiger partial charge < -0.3 is 4.90 Å². The molecule has 18 heavy (non-hydrogen) atoms. The number of rotatable bonds is 6. The normalized spacial score (nSPS) is 18.7. The molecular weight excluding hydrogens is 218 g/mol. The van der Waals surface area contributed by atoms with Crippen LogP contribution in [0.4, 0.5) is 0 Å². The van der Waals surface area contributed by atoms with E-state index in [9.17, 15) is 0 Å². The summed E-state index contributed by atoms with van der Waals surface area (Å²) in [6.07, 6.45) is 9.52. The summed E-state index contributed by atoms with van der Waals surface area (Å²) in [6, 6.07) is 11.7. The van der Waals surface area contributed by atoms with Crippen LogP contribution in [0.25, 0.3) is 0 Å². The third-order valence-electron chi connectivity index (χ3n) is 4.22. The summed E-state index contributed by atoms with van der Waals surface area (Å²) in [7, 11) is 0. The first kappa shape index (κ1) is 13.6. The standard InChI is InChI=1S/C17H27N/c1-2-17(18-14-7-4-8-15-18)13-9-12-16-10-5-3-6-11-16/h3,5-6,10-11,17H,2,4,7-9,12-15H2,1H3. The van der Waals surface area contributed by atoms with Crippen LogP contribution in [0.5, 0.6) is 0 Å². The van der Waals surface area contributed by atoms with Crippen LogP contribution in [0.1, 0.15) is 51.0 Å². The Bertz CT molecular complexity index is 314. The van der Waals surface area contributed by atoms with Gasteiger partial charge >= 0.3 is 0 Å². The zero-order valence-corrected chi connectivity index (χ0v) is 11.8. The molecule has 0 radical (unpaired) electrons. The molecule has 0 aliphatic carbocycles. The fourth-order valence-electron chi connectivity index (χ4n) is 3.11. The summed E-state index contributed by atoms with van der Waals surface area (Å²) >= 11 is 0. The van der Waals surface area contributed by atoms with Gasteiger partial charge in [-0.05, 0) is 57.2 Å². The lowest BCUT2D eigenvalue weighted by Crippen LogP contribution is -2.38. The quantitative estimate of drug-likeness (QED) is 0.723. The molecule has 0 amide bonds. The topological polar surface area (TPSA) is 3.24 Å². The van der Waals surface area contributed by atoms with E-state index in [4.69, 9.17) is 0 Å². The Hall–Kier alpha value is -0.820. The van der Waals surface area contributed by atoms with Crippen molar-refractivity contribution in [2.75, 3.05) is 13.1 Å². The Morgan fingerprint density at radius 1 is 1.06 bits per heavy atom. The minimum atomic E-state index is 0.828. The molecule has 0 spiro atoms. The van der Waals surface area contributed by atoms with Gasteiger partial charge in [-0.15, -0.1) is 0 Å². The maximum Gasteiger partial charge on any atom is 0.00927 e. The molecule has 1 unspecified atom stereocenters. The molecule has 0 aromatic heterocycles. The first-order valence-corrected chi connectivity index (χ1v) is 7.68. The number of aryl methyl sites for hydroxylation is 1. The zero-order chi connectivity index (χ0) is 12.6. The van der Waals surface area contributed by atoms with Crippen molar-refractivity contribution in [2.24, 2.45) is 0 Å². The molecule has 0 bridgehead atoms. The molecule has 100 valence electrons. The van der Waals surface area contributed by atoms with Gasteiger partial charge in [0.05, 0.1) is 0 Å². The van der Waals surface area contributed by atoms with Gasteiger partial charge in [0.25, 0.3) is 0 Å². The van der Waals surface area contributed by atoms with Crippen molar-refractivity contribution >= 4 is 0 Å². The monoisotopic (exact) mass is 245 g/mol. The lowest BCUT2D eigenvalue weighted by atomic mass is 10.00. The molecule has 1 heterocycles. The molecule has 1 atom stereocenters. The van der Waals surface area contributed by atoms with E-state index in [1.165, 1.54) is 63.6 Å². The van der Waals surface area contributed by atoms with Gasteiger partial charge in [0, 0.05) is 6.04 Å². The molecule has 1 saturated heterocycles. The highest BCUT2D eigenvalue weighted by Crippen LogP contribution is 2.18. The Morgan fingerprint density at radius 2 is 1.78 bits per heavy atom. The lowest BCUT2D eigenvalue weighted by Gasteiger charge is -2.34. The van der Waals surface area contributed by atoms with Crippen LogP contribution in [0.3, 0.4) is 0 Å². The van der Waals surface area contributed by atoms with Crippen LogP contribution in [0.15, 0.2) is 30.3 Å². The van der Waals surface area contributed by atoms with Crippen molar-refractivity contribution < 1.29 is 0 Å². The number of hydrogen-bond donors (Lipinski definition) is 0. The second-order valence-corrected chi connectivity index (χ2v) is 5.54. The van der Waals surface area contributed by atoms with Crippen LogP contribution in [0.2, 0.25) is 0 Å². The molecule has 0 saturated carbocycles. The number of nitrogens with zero attached hydrogens (tertiary/aromatic N) is 1. The zero-order valence-electron chi connectivity index (χ0n) is 11.8. The number of benzene rings is 1. The van der Waals surface area contributed by atoms with Crippen LogP contribution in [0, 0.1) is 0 Å². The van der Waals surface area contributed by atoms with E-state index in [1.54, 1.807) is 0 Å². The summed E-state index contributed by atoms with van der Waals surface area (Å²) in [6.45, 7) is 5.02. The fraction of sp³-hybridized carbons (Fsp3) is 0.647. The van der Waals surface area contributed by atoms with Crippen LogP contribution < -0.4 is 0 Å². The first-order valence-electron chi connectivity index (χ1n) is 7.68. The molecule has 0 N–H and O–H groups in total. The Balaban J connectivity index is 1.73. The van der Waals surface area contributed by atoms with Crippen LogP contribution in [-0.2, 0) is 6.42 Å². The van der Waals surface area contributed by atoms with E-state index in [0.717, 1.165) is 6.04 Å². The van der Waals surface area contributed by atoms with Crippen molar-refractivity contribution in [1.29, 1.82) is 0 Å². The second-order valence-electron chi connectivity index (χ2n) is 5.54. The number of piperidine rings is 1. The molecule has 1 nitrogen and oxygen atoms in total. The molecule has 1 aromatic rings. The molecular formula is C17H27N. The van der Waals surface area contributed by atoms with Gasteiger partial charge in [-0.2, -0.15) is 0 Å². The van der Waals surface area contributed by atoms with Crippen molar-refractivity contribution in [1.82, 2.24) is 4.90 Å². The predicted octanol–water partition coefficient (Wildman–Crippen LogP) is 4.27. The van der Waals surface area contributed by atoms with Gasteiger partial charge in [-0.25, -0.2) is 0 Å². The summed E-state index contributed by atoms with van der Waals surface area (Å²) in [5.74, 6) is 0. The third kappa shape index (κ3) is 4.13. The van der Waals surface area contributed by atoms with Crippen LogP contribution >= 0.6 is 0 Å². The minimum Gasteiger partial charge on any atom is -0.300 e. The highest BCUT2D eigenvalue weighted by Gasteiger charge is 2.18. The first-order chi connectivity index (χ1) is 8.90. The van der Waals surface area contributed by atoms with Crippen molar-refractivity contribution in [2.45, 2.75) is 57.9 Å². The highest BCUT2D eigenvalue weighted by molar-refractivity contribution is 5.14. The highest BCUT2D eigenvalue weighted by atomic mass is 15.2. The smallest absolute Gasteiger partial charge is 0.00927 e. The molecule has 2 rings (SSSR count). The van der Waals surface area contributed by atoms with Gasteiger partial charge in [0.1, 0.15) is 0 Å². The van der Waals surface area contributed by atoms with E-state index in [1.807, 2.05) is 0 Å². The SMILES string of the molecule is CCC(CCCc1ccccc1)N1CCCCC1. The van der Waals surface area contributed by atoms with E-state index < -0.39 is 0 Å². The summed E-state index contributed by atoms with van der Waals surface area (Å²) < 4.78 is 0. The van der Waals surface area contributed by atoms with Gasteiger partial charge in [-0.1, -0.05) is 43.7 Å². The predicted molar refractivity (Wildman–Crippen MR) is 78.9 cm³/mol. The summed E-state index contributed by atoms with van der Waals surface area (Å²) in [5.41, 5.74) is 1.49. The van der Waals surface area contributed by atoms with E-state index in [0.29, 0.717) is 0 Å². The lowest BCUT2D eigenvalue weighted by molar-refractivity contribution is 0.149. The second kappa shape index (κ2) is 7.58. The fourth-order valence-corrected chi connectivity index (χ4v) is 3.11. The molecule has 1 aromatic carbocycles. The number of hydrogen-bond acceptors (Lipinski definition) is 1. The third-order valence-corrected chi connectivity index (χ3v) is 4.22. The largest absolute Gasteiger partial charge is 0.300 e. The van der Waals surface area contributed by atoms with Gasteiger partial charge in [0.2, 0.25) is 0 Å². The minimum absolute atomic E-state index is 0.828. The van der Waals surface area contributed by atoms with Crippen molar-refractivity contribution in [3.05, 3.63) is 35.9 Å². The van der Waals surface area contributed by atoms with E-state index >= 15 is 0 Å². The van der Waals surface area contributed by atoms with Crippen molar-refractivity contribution in [3.8, 4) is 0 Å². The van der Waals surface area contributed by atoms with Crippen LogP contribution in [-0.4, -0.2) is 24.0 Å². The maximum atomic E-state index is 2.73. The molecule has 1 aliphatic rings. The average Bonchev–Trinajstić information content (AvgIpc) is 2.46. The summed E-state index contributed by atoms with van der Waals surface area (Å²) in [5, 5.41) is 0. The van der Waals surface area contributed by atoms with E-state index in [2.05, 4.69) is 42.2 Å². The molecule has 1 heteroatoms. The average molecular weight is 245 g/mol. The molecule has 1 fully saturated rings. The van der Waals surface area contributed by atoms with E-state index in [-0.39, 0.29) is 0 Å². The molecule has 1 aliphatic heterocycles. The Kier molecular flexibility index (Phi) is 5.73. The Labute approximate surface area is 112 Å². The van der Waals surface area contributed by atoms with Crippen molar-refractivity contribution in [3.63, 3.8) is 0 Å². The number of likely N-dealkylation sites (tertiary alicyclic amines) is 1. The maximum absolute atomic E-state index is 2.73. The van der Waals surface area contributed by atoms with Gasteiger partial charge in [-0.3, -0.25) is 0 Å². The van der Waals surface area contributed by atoms with Gasteiger partial charge in [0.15, 0.2) is 0 Å².